The van der Waals surface area contributed by atoms with E-state index in [-0.39, 0.29) is 17.4 Å². The van der Waals surface area contributed by atoms with Gasteiger partial charge in [0.15, 0.2) is 0 Å². The molecule has 1 amide bonds. The zero-order chi connectivity index (χ0) is 10.9. The van der Waals surface area contributed by atoms with Gasteiger partial charge in [-0.2, -0.15) is 0 Å². The molecule has 0 aromatic carbocycles. The SMILES string of the molecule is CC1CC(N)CN(C(=O)C(C)(C)C)C1. The number of carbonyl (C=O) groups is 1. The highest BCUT2D eigenvalue weighted by atomic mass is 16.2. The van der Waals surface area contributed by atoms with Gasteiger partial charge >= 0.3 is 0 Å². The van der Waals surface area contributed by atoms with E-state index < -0.39 is 0 Å². The van der Waals surface area contributed by atoms with Gasteiger partial charge in [0.25, 0.3) is 0 Å². The maximum atomic E-state index is 12.0. The number of rotatable bonds is 0. The van der Waals surface area contributed by atoms with Gasteiger partial charge in [0.2, 0.25) is 5.91 Å². The lowest BCUT2D eigenvalue weighted by molar-refractivity contribution is -0.141. The van der Waals surface area contributed by atoms with Gasteiger partial charge in [-0.25, -0.2) is 0 Å². The van der Waals surface area contributed by atoms with Crippen molar-refractivity contribution in [2.45, 2.75) is 40.2 Å². The van der Waals surface area contributed by atoms with Gasteiger partial charge in [-0.1, -0.05) is 27.7 Å². The van der Waals surface area contributed by atoms with Crippen molar-refractivity contribution in [3.8, 4) is 0 Å². The van der Waals surface area contributed by atoms with Crippen LogP contribution in [-0.4, -0.2) is 29.9 Å². The fraction of sp³-hybridized carbons (Fsp3) is 0.909. The summed E-state index contributed by atoms with van der Waals surface area (Å²) >= 11 is 0. The Morgan fingerprint density at radius 2 is 1.93 bits per heavy atom. The van der Waals surface area contributed by atoms with Crippen LogP contribution in [0.4, 0.5) is 0 Å². The van der Waals surface area contributed by atoms with Crippen molar-refractivity contribution in [1.82, 2.24) is 4.90 Å². The van der Waals surface area contributed by atoms with Crippen molar-refractivity contribution >= 4 is 5.91 Å². The van der Waals surface area contributed by atoms with Gasteiger partial charge in [-0.3, -0.25) is 4.79 Å². The molecule has 2 unspecified atom stereocenters. The molecule has 0 spiro atoms. The molecule has 1 fully saturated rings. The molecule has 0 bridgehead atoms. The van der Waals surface area contributed by atoms with E-state index in [0.29, 0.717) is 5.92 Å². The molecule has 2 N–H and O–H groups in total. The fourth-order valence-electron chi connectivity index (χ4n) is 2.04. The predicted octanol–water partition coefficient (Wildman–Crippen LogP) is 1.23. The Morgan fingerprint density at radius 3 is 2.36 bits per heavy atom. The lowest BCUT2D eigenvalue weighted by Crippen LogP contribution is -2.51. The minimum Gasteiger partial charge on any atom is -0.340 e. The van der Waals surface area contributed by atoms with Crippen molar-refractivity contribution in [2.24, 2.45) is 17.1 Å². The molecule has 2 atom stereocenters. The number of amides is 1. The molecule has 1 saturated heterocycles. The minimum atomic E-state index is -0.281. The van der Waals surface area contributed by atoms with Crippen molar-refractivity contribution in [2.75, 3.05) is 13.1 Å². The minimum absolute atomic E-state index is 0.157. The van der Waals surface area contributed by atoms with Gasteiger partial charge < -0.3 is 10.6 Å². The molecule has 14 heavy (non-hydrogen) atoms. The Balaban J connectivity index is 2.64. The van der Waals surface area contributed by atoms with Crippen LogP contribution in [0, 0.1) is 11.3 Å². The van der Waals surface area contributed by atoms with Crippen LogP contribution in [0.25, 0.3) is 0 Å². The topological polar surface area (TPSA) is 46.3 Å². The summed E-state index contributed by atoms with van der Waals surface area (Å²) in [5.41, 5.74) is 5.62. The molecule has 0 saturated carbocycles. The molecule has 0 aromatic rings. The van der Waals surface area contributed by atoms with Gasteiger partial charge in [0.1, 0.15) is 0 Å². The zero-order valence-corrected chi connectivity index (χ0v) is 9.71. The number of carbonyl (C=O) groups excluding carboxylic acids is 1. The van der Waals surface area contributed by atoms with Gasteiger partial charge in [-0.15, -0.1) is 0 Å². The quantitative estimate of drug-likeness (QED) is 0.636. The molecular formula is C11H22N2O. The van der Waals surface area contributed by atoms with Crippen LogP contribution < -0.4 is 5.73 Å². The number of hydrogen-bond donors (Lipinski definition) is 1. The first-order valence-electron chi connectivity index (χ1n) is 5.35. The summed E-state index contributed by atoms with van der Waals surface area (Å²) < 4.78 is 0. The highest BCUT2D eigenvalue weighted by molar-refractivity contribution is 5.81. The zero-order valence-electron chi connectivity index (χ0n) is 9.71. The largest absolute Gasteiger partial charge is 0.340 e. The monoisotopic (exact) mass is 198 g/mol. The molecule has 0 aliphatic carbocycles. The summed E-state index contributed by atoms with van der Waals surface area (Å²) in [7, 11) is 0. The molecule has 1 aliphatic heterocycles. The van der Waals surface area contributed by atoms with E-state index in [1.807, 2.05) is 25.7 Å². The van der Waals surface area contributed by atoms with Crippen LogP contribution in [0.2, 0.25) is 0 Å². The average molecular weight is 198 g/mol. The fourth-order valence-corrected chi connectivity index (χ4v) is 2.04. The first-order valence-corrected chi connectivity index (χ1v) is 5.35. The van der Waals surface area contributed by atoms with Gasteiger partial charge in [-0.05, 0) is 12.3 Å². The van der Waals surface area contributed by atoms with Crippen molar-refractivity contribution < 1.29 is 4.79 Å². The average Bonchev–Trinajstić information content (AvgIpc) is 1.99. The lowest BCUT2D eigenvalue weighted by Gasteiger charge is -2.38. The van der Waals surface area contributed by atoms with Gasteiger partial charge in [0, 0.05) is 24.5 Å². The number of hydrogen-bond acceptors (Lipinski definition) is 2. The predicted molar refractivity (Wildman–Crippen MR) is 57.8 cm³/mol. The lowest BCUT2D eigenvalue weighted by atomic mass is 9.90. The second kappa shape index (κ2) is 3.89. The summed E-state index contributed by atoms with van der Waals surface area (Å²) in [5, 5.41) is 0. The standard InChI is InChI=1S/C11H22N2O/c1-8-5-9(12)7-13(6-8)10(14)11(2,3)4/h8-9H,5-7,12H2,1-4H3. The Bertz CT molecular complexity index is 210. The Labute approximate surface area is 86.6 Å². The molecular weight excluding hydrogens is 176 g/mol. The van der Waals surface area contributed by atoms with Crippen LogP contribution >= 0.6 is 0 Å². The van der Waals surface area contributed by atoms with Crippen molar-refractivity contribution in [3.63, 3.8) is 0 Å². The van der Waals surface area contributed by atoms with E-state index in [1.165, 1.54) is 0 Å². The number of piperidine rings is 1. The Kier molecular flexibility index (Phi) is 3.20. The van der Waals surface area contributed by atoms with Gasteiger partial charge in [0.05, 0.1) is 0 Å². The summed E-state index contributed by atoms with van der Waals surface area (Å²) in [5.74, 6) is 0.754. The van der Waals surface area contributed by atoms with E-state index in [2.05, 4.69) is 6.92 Å². The highest BCUT2D eigenvalue weighted by Crippen LogP contribution is 2.22. The van der Waals surface area contributed by atoms with E-state index in [0.717, 1.165) is 19.5 Å². The molecule has 1 heterocycles. The smallest absolute Gasteiger partial charge is 0.228 e. The van der Waals surface area contributed by atoms with Crippen LogP contribution in [-0.2, 0) is 4.79 Å². The molecule has 0 aromatic heterocycles. The van der Waals surface area contributed by atoms with E-state index in [9.17, 15) is 4.79 Å². The molecule has 3 heteroatoms. The number of nitrogens with zero attached hydrogens (tertiary/aromatic N) is 1. The third-order valence-corrected chi connectivity index (χ3v) is 2.62. The third-order valence-electron chi connectivity index (χ3n) is 2.62. The number of nitrogens with two attached hydrogens (primary N) is 1. The first kappa shape index (κ1) is 11.5. The maximum Gasteiger partial charge on any atom is 0.228 e. The molecule has 82 valence electrons. The van der Waals surface area contributed by atoms with Crippen LogP contribution in [0.1, 0.15) is 34.1 Å². The Morgan fingerprint density at radius 1 is 1.36 bits per heavy atom. The summed E-state index contributed by atoms with van der Waals surface area (Å²) in [4.78, 5) is 13.9. The second-order valence-electron chi connectivity index (χ2n) is 5.56. The maximum absolute atomic E-state index is 12.0. The molecule has 1 rings (SSSR count). The van der Waals surface area contributed by atoms with Crippen LogP contribution in [0.3, 0.4) is 0 Å². The number of likely N-dealkylation sites (tertiary alicyclic amines) is 1. The summed E-state index contributed by atoms with van der Waals surface area (Å²) in [6.45, 7) is 9.62. The second-order valence-corrected chi connectivity index (χ2v) is 5.56. The van der Waals surface area contributed by atoms with Crippen LogP contribution in [0.5, 0.6) is 0 Å². The van der Waals surface area contributed by atoms with E-state index >= 15 is 0 Å². The van der Waals surface area contributed by atoms with E-state index in [4.69, 9.17) is 5.73 Å². The Hall–Kier alpha value is -0.570. The van der Waals surface area contributed by atoms with Crippen LogP contribution in [0.15, 0.2) is 0 Å². The molecule has 3 nitrogen and oxygen atoms in total. The molecule has 0 radical (unpaired) electrons. The highest BCUT2D eigenvalue weighted by Gasteiger charge is 2.31. The van der Waals surface area contributed by atoms with Crippen molar-refractivity contribution in [1.29, 1.82) is 0 Å². The first-order chi connectivity index (χ1) is 6.30. The van der Waals surface area contributed by atoms with Crippen molar-refractivity contribution in [3.05, 3.63) is 0 Å². The molecule has 1 aliphatic rings. The summed E-state index contributed by atoms with van der Waals surface area (Å²) in [6.07, 6.45) is 1.04. The third kappa shape index (κ3) is 2.71. The summed E-state index contributed by atoms with van der Waals surface area (Å²) in [6, 6.07) is 0.157. The normalized spacial score (nSPS) is 29.1. The van der Waals surface area contributed by atoms with E-state index in [1.54, 1.807) is 0 Å².